The summed E-state index contributed by atoms with van der Waals surface area (Å²) in [6.07, 6.45) is -1.45. The second-order valence-electron chi connectivity index (χ2n) is 6.87. The van der Waals surface area contributed by atoms with Crippen molar-refractivity contribution in [3.05, 3.63) is 24.0 Å². The Hall–Kier alpha value is -2.20. The van der Waals surface area contributed by atoms with Gasteiger partial charge < -0.3 is 10.6 Å². The van der Waals surface area contributed by atoms with Crippen molar-refractivity contribution in [3.63, 3.8) is 0 Å². The zero-order valence-corrected chi connectivity index (χ0v) is 15.3. The molecular weight excluding hydrogens is 361 g/mol. The lowest BCUT2D eigenvalue weighted by Gasteiger charge is -2.35. The number of hydrogen-bond acceptors (Lipinski definition) is 5. The topological polar surface area (TPSA) is 75.1 Å². The second-order valence-corrected chi connectivity index (χ2v) is 6.87. The van der Waals surface area contributed by atoms with Gasteiger partial charge in [-0.15, -0.1) is 0 Å². The van der Waals surface area contributed by atoms with Gasteiger partial charge in [-0.2, -0.15) is 18.3 Å². The van der Waals surface area contributed by atoms with E-state index in [4.69, 9.17) is 0 Å². The average molecular weight is 384 g/mol. The van der Waals surface area contributed by atoms with Crippen LogP contribution in [0.2, 0.25) is 0 Å². The number of amides is 1. The molecule has 2 aromatic rings. The lowest BCUT2D eigenvalue weighted by Crippen LogP contribution is -2.57. The van der Waals surface area contributed by atoms with Gasteiger partial charge in [0, 0.05) is 50.3 Å². The third kappa shape index (κ3) is 4.38. The third-order valence-electron chi connectivity index (χ3n) is 4.61. The van der Waals surface area contributed by atoms with Crippen molar-refractivity contribution < 1.29 is 18.0 Å². The number of piperazine rings is 1. The van der Waals surface area contributed by atoms with Gasteiger partial charge in [-0.25, -0.2) is 9.67 Å². The van der Waals surface area contributed by atoms with E-state index in [1.807, 2.05) is 13.8 Å². The zero-order chi connectivity index (χ0) is 19.6. The number of halogens is 3. The number of carbonyl (C=O) groups excluding carboxylic acids is 1. The van der Waals surface area contributed by atoms with Crippen LogP contribution in [0, 0.1) is 0 Å². The highest BCUT2D eigenvalue weighted by Gasteiger charge is 2.43. The van der Waals surface area contributed by atoms with E-state index < -0.39 is 24.7 Å². The van der Waals surface area contributed by atoms with Crippen LogP contribution in [0.5, 0.6) is 0 Å². The number of nitrogens with zero attached hydrogens (tertiary/aromatic N) is 4. The Morgan fingerprint density at radius 1 is 1.30 bits per heavy atom. The maximum Gasteiger partial charge on any atom is 0.405 e. The molecule has 3 heterocycles. The highest BCUT2D eigenvalue weighted by Crippen LogP contribution is 2.25. The number of alkyl halides is 3. The van der Waals surface area contributed by atoms with Crippen LogP contribution >= 0.6 is 0 Å². The number of pyridine rings is 1. The van der Waals surface area contributed by atoms with E-state index in [-0.39, 0.29) is 11.6 Å². The molecule has 1 aliphatic rings. The fourth-order valence-corrected chi connectivity index (χ4v) is 3.18. The molecule has 1 unspecified atom stereocenters. The molecule has 1 amide bonds. The van der Waals surface area contributed by atoms with Gasteiger partial charge >= 0.3 is 6.18 Å². The normalized spacial score (nSPS) is 17.4. The van der Waals surface area contributed by atoms with Gasteiger partial charge in [-0.3, -0.25) is 9.69 Å². The molecule has 0 bridgehead atoms. The van der Waals surface area contributed by atoms with Crippen LogP contribution in [-0.2, 0) is 0 Å². The van der Waals surface area contributed by atoms with Crippen molar-refractivity contribution in [1.29, 1.82) is 0 Å². The van der Waals surface area contributed by atoms with Gasteiger partial charge in [-0.05, 0) is 19.9 Å². The van der Waals surface area contributed by atoms with Crippen LogP contribution < -0.4 is 10.6 Å². The molecule has 0 aromatic carbocycles. The number of aromatic nitrogens is 3. The first-order valence-corrected chi connectivity index (χ1v) is 8.90. The largest absolute Gasteiger partial charge is 0.405 e. The molecule has 2 aromatic heterocycles. The van der Waals surface area contributed by atoms with Crippen molar-refractivity contribution in [1.82, 2.24) is 30.3 Å². The Bertz CT molecular complexity index is 798. The highest BCUT2D eigenvalue weighted by atomic mass is 19.4. The molecule has 0 radical (unpaired) electrons. The minimum absolute atomic E-state index is 0.112. The number of hydrogen-bond donors (Lipinski definition) is 2. The predicted molar refractivity (Wildman–Crippen MR) is 94.5 cm³/mol. The molecule has 1 saturated heterocycles. The number of fused-ring (bicyclic) bond motifs is 1. The fourth-order valence-electron chi connectivity index (χ4n) is 3.18. The van der Waals surface area contributed by atoms with E-state index >= 15 is 0 Å². The molecule has 2 N–H and O–H groups in total. The van der Waals surface area contributed by atoms with E-state index in [1.165, 1.54) is 11.1 Å². The summed E-state index contributed by atoms with van der Waals surface area (Å²) in [5.41, 5.74) is 0.850. The molecule has 0 spiro atoms. The highest BCUT2D eigenvalue weighted by molar-refractivity contribution is 5.96. The molecule has 0 aliphatic carbocycles. The van der Waals surface area contributed by atoms with Crippen molar-refractivity contribution in [2.24, 2.45) is 0 Å². The Labute approximate surface area is 154 Å². The fraction of sp³-hybridized carbons (Fsp3) is 0.588. The summed E-state index contributed by atoms with van der Waals surface area (Å²) in [6.45, 7) is 5.02. The smallest absolute Gasteiger partial charge is 0.350 e. The predicted octanol–water partition coefficient (Wildman–Crippen LogP) is 1.58. The summed E-state index contributed by atoms with van der Waals surface area (Å²) in [5, 5.41) is 10.3. The molecule has 1 fully saturated rings. The molecular formula is C17H23F3N6O. The van der Waals surface area contributed by atoms with E-state index in [9.17, 15) is 18.0 Å². The number of rotatable bonds is 5. The van der Waals surface area contributed by atoms with Crippen LogP contribution in [0.25, 0.3) is 11.0 Å². The van der Waals surface area contributed by atoms with Gasteiger partial charge in [0.15, 0.2) is 5.65 Å². The Morgan fingerprint density at radius 3 is 2.63 bits per heavy atom. The van der Waals surface area contributed by atoms with E-state index in [0.717, 1.165) is 0 Å². The standard InChI is InChI=1S/C17H23F3N6O/c1-11(2)26-15-12(9-24-26)7-13(8-22-15)16(27)23-10-14(17(18,19)20)25-5-3-21-4-6-25/h7-9,11,14,21H,3-6,10H2,1-2H3,(H,23,27). The van der Waals surface area contributed by atoms with Crippen LogP contribution in [-0.4, -0.2) is 70.5 Å². The molecule has 27 heavy (non-hydrogen) atoms. The van der Waals surface area contributed by atoms with E-state index in [0.29, 0.717) is 37.2 Å². The zero-order valence-electron chi connectivity index (χ0n) is 15.3. The molecule has 1 aliphatic heterocycles. The Balaban J connectivity index is 1.71. The summed E-state index contributed by atoms with van der Waals surface area (Å²) in [4.78, 5) is 18.0. The summed E-state index contributed by atoms with van der Waals surface area (Å²) in [5.74, 6) is -0.578. The van der Waals surface area contributed by atoms with Crippen LogP contribution in [0.4, 0.5) is 13.2 Å². The van der Waals surface area contributed by atoms with Gasteiger partial charge in [0.1, 0.15) is 6.04 Å². The van der Waals surface area contributed by atoms with Gasteiger partial charge in [-0.1, -0.05) is 0 Å². The molecule has 7 nitrogen and oxygen atoms in total. The lowest BCUT2D eigenvalue weighted by atomic mass is 10.2. The van der Waals surface area contributed by atoms with Crippen LogP contribution in [0.15, 0.2) is 18.5 Å². The minimum atomic E-state index is -4.41. The van der Waals surface area contributed by atoms with Crippen LogP contribution in [0.1, 0.15) is 30.2 Å². The maximum absolute atomic E-state index is 13.4. The summed E-state index contributed by atoms with van der Waals surface area (Å²) in [6, 6.07) is 0.00178. The molecule has 148 valence electrons. The minimum Gasteiger partial charge on any atom is -0.350 e. The summed E-state index contributed by atoms with van der Waals surface area (Å²) < 4.78 is 41.9. The molecule has 1 atom stereocenters. The number of nitrogens with one attached hydrogen (secondary N) is 2. The van der Waals surface area contributed by atoms with Crippen molar-refractivity contribution >= 4 is 16.9 Å². The summed E-state index contributed by atoms with van der Waals surface area (Å²) in [7, 11) is 0. The van der Waals surface area contributed by atoms with E-state index in [2.05, 4.69) is 20.7 Å². The first-order valence-electron chi connectivity index (χ1n) is 8.90. The van der Waals surface area contributed by atoms with Crippen molar-refractivity contribution in [3.8, 4) is 0 Å². The second kappa shape index (κ2) is 7.81. The maximum atomic E-state index is 13.4. The average Bonchev–Trinajstić information content (AvgIpc) is 3.05. The van der Waals surface area contributed by atoms with E-state index in [1.54, 1.807) is 16.9 Å². The first kappa shape index (κ1) is 19.6. The molecule has 0 saturated carbocycles. The number of carbonyl (C=O) groups is 1. The van der Waals surface area contributed by atoms with Crippen molar-refractivity contribution in [2.45, 2.75) is 32.1 Å². The first-order chi connectivity index (χ1) is 12.8. The third-order valence-corrected chi connectivity index (χ3v) is 4.61. The van der Waals surface area contributed by atoms with Gasteiger partial charge in [0.05, 0.1) is 11.8 Å². The molecule has 10 heteroatoms. The lowest BCUT2D eigenvalue weighted by molar-refractivity contribution is -0.183. The van der Waals surface area contributed by atoms with Gasteiger partial charge in [0.25, 0.3) is 5.91 Å². The van der Waals surface area contributed by atoms with Crippen LogP contribution in [0.3, 0.4) is 0 Å². The Kier molecular flexibility index (Phi) is 5.66. The van der Waals surface area contributed by atoms with Crippen molar-refractivity contribution in [2.75, 3.05) is 32.7 Å². The summed E-state index contributed by atoms with van der Waals surface area (Å²) >= 11 is 0. The SMILES string of the molecule is CC(C)n1ncc2cc(C(=O)NCC(N3CCNCC3)C(F)(F)F)cnc21. The molecule has 3 rings (SSSR count). The quantitative estimate of drug-likeness (QED) is 0.819. The Morgan fingerprint density at radius 2 is 2.00 bits per heavy atom. The monoisotopic (exact) mass is 384 g/mol. The van der Waals surface area contributed by atoms with Gasteiger partial charge in [0.2, 0.25) is 0 Å².